The number of hydrogen-bond donors (Lipinski definition) is 1. The average Bonchev–Trinajstić information content (AvgIpc) is 2.51. The first-order chi connectivity index (χ1) is 11.3. The lowest BCUT2D eigenvalue weighted by atomic mass is 10.0. The molecule has 2 aromatic carbocycles. The lowest BCUT2D eigenvalue weighted by molar-refractivity contribution is 0.0696. The molecule has 0 aliphatic rings. The molecule has 0 spiro atoms. The summed E-state index contributed by atoms with van der Waals surface area (Å²) in [6.45, 7) is 0. The van der Waals surface area contributed by atoms with Crippen molar-refractivity contribution in [1.29, 1.82) is 0 Å². The van der Waals surface area contributed by atoms with E-state index in [2.05, 4.69) is 0 Å². The number of rotatable bonds is 2. The van der Waals surface area contributed by atoms with Gasteiger partial charge >= 0.3 is 5.97 Å². The van der Waals surface area contributed by atoms with Gasteiger partial charge in [0.1, 0.15) is 17.2 Å². The standard InChI is InChI=1S/C17H10ClF2NO3/c1-21-12-6-5-8(18)7-9(12)16(22)14(17(23)24)15(21)13-10(19)3-2-4-11(13)20/h2-7H,1H3,(H,23,24). The number of halogens is 3. The van der Waals surface area contributed by atoms with Crippen LogP contribution in [0.4, 0.5) is 8.78 Å². The second-order valence-corrected chi connectivity index (χ2v) is 5.61. The highest BCUT2D eigenvalue weighted by Gasteiger charge is 2.26. The Morgan fingerprint density at radius 1 is 1.17 bits per heavy atom. The zero-order chi connectivity index (χ0) is 17.6. The molecule has 3 aromatic rings. The van der Waals surface area contributed by atoms with Crippen molar-refractivity contribution in [2.45, 2.75) is 0 Å². The second-order valence-electron chi connectivity index (χ2n) is 5.18. The lowest BCUT2D eigenvalue weighted by Crippen LogP contribution is -2.22. The first kappa shape index (κ1) is 16.1. The van der Waals surface area contributed by atoms with Crippen LogP contribution in [0.25, 0.3) is 22.2 Å². The molecule has 0 amide bonds. The lowest BCUT2D eigenvalue weighted by Gasteiger charge is -2.16. The Morgan fingerprint density at radius 2 is 1.79 bits per heavy atom. The Bertz CT molecular complexity index is 1040. The van der Waals surface area contributed by atoms with Gasteiger partial charge in [-0.15, -0.1) is 0 Å². The van der Waals surface area contributed by atoms with Crippen LogP contribution in [0.3, 0.4) is 0 Å². The summed E-state index contributed by atoms with van der Waals surface area (Å²) in [4.78, 5) is 24.2. The number of fused-ring (bicyclic) bond motifs is 1. The minimum atomic E-state index is -1.57. The summed E-state index contributed by atoms with van der Waals surface area (Å²) in [6.07, 6.45) is 0. The number of aromatic carboxylic acids is 1. The third kappa shape index (κ3) is 2.35. The fraction of sp³-hybridized carbons (Fsp3) is 0.0588. The number of carboxylic acid groups (broad SMARTS) is 1. The summed E-state index contributed by atoms with van der Waals surface area (Å²) < 4.78 is 29.6. The van der Waals surface area contributed by atoms with Gasteiger partial charge in [0.25, 0.3) is 0 Å². The van der Waals surface area contributed by atoms with Crippen molar-refractivity contribution in [1.82, 2.24) is 4.57 Å². The van der Waals surface area contributed by atoms with E-state index in [0.29, 0.717) is 5.52 Å². The van der Waals surface area contributed by atoms with E-state index in [1.807, 2.05) is 0 Å². The van der Waals surface area contributed by atoms with Crippen LogP contribution < -0.4 is 5.43 Å². The molecule has 0 atom stereocenters. The van der Waals surface area contributed by atoms with Gasteiger partial charge in [0.2, 0.25) is 5.43 Å². The summed E-state index contributed by atoms with van der Waals surface area (Å²) in [7, 11) is 1.43. The molecule has 1 heterocycles. The minimum Gasteiger partial charge on any atom is -0.477 e. The van der Waals surface area contributed by atoms with Crippen molar-refractivity contribution >= 4 is 28.5 Å². The van der Waals surface area contributed by atoms with E-state index in [1.165, 1.54) is 29.8 Å². The smallest absolute Gasteiger partial charge is 0.341 e. The molecule has 7 heteroatoms. The third-order valence-electron chi connectivity index (χ3n) is 3.78. The predicted octanol–water partition coefficient (Wildman–Crippen LogP) is 3.84. The van der Waals surface area contributed by atoms with Crippen molar-refractivity contribution in [3.05, 3.63) is 68.8 Å². The average molecular weight is 350 g/mol. The van der Waals surface area contributed by atoms with Crippen LogP contribution >= 0.6 is 11.6 Å². The highest BCUT2D eigenvalue weighted by molar-refractivity contribution is 6.31. The van der Waals surface area contributed by atoms with E-state index in [4.69, 9.17) is 11.6 Å². The van der Waals surface area contributed by atoms with Gasteiger partial charge in [-0.1, -0.05) is 17.7 Å². The Hall–Kier alpha value is -2.73. The van der Waals surface area contributed by atoms with Crippen LogP contribution in [0.15, 0.2) is 41.2 Å². The number of nitrogens with zero attached hydrogens (tertiary/aromatic N) is 1. The van der Waals surface area contributed by atoms with Crippen molar-refractivity contribution in [3.8, 4) is 11.3 Å². The molecule has 0 fully saturated rings. The fourth-order valence-electron chi connectivity index (χ4n) is 2.73. The van der Waals surface area contributed by atoms with Gasteiger partial charge in [0.15, 0.2) is 0 Å². The maximum absolute atomic E-state index is 14.2. The Morgan fingerprint density at radius 3 is 2.38 bits per heavy atom. The first-order valence-corrected chi connectivity index (χ1v) is 7.20. The Balaban J connectivity index is 2.60. The number of hydrogen-bond acceptors (Lipinski definition) is 2. The first-order valence-electron chi connectivity index (χ1n) is 6.83. The summed E-state index contributed by atoms with van der Waals surface area (Å²) in [5, 5.41) is 9.76. The van der Waals surface area contributed by atoms with E-state index in [9.17, 15) is 23.5 Å². The van der Waals surface area contributed by atoms with Crippen molar-refractivity contribution in [2.75, 3.05) is 0 Å². The van der Waals surface area contributed by atoms with Gasteiger partial charge in [-0.3, -0.25) is 4.79 Å². The Kier molecular flexibility index (Phi) is 3.85. The van der Waals surface area contributed by atoms with Crippen molar-refractivity contribution < 1.29 is 18.7 Å². The van der Waals surface area contributed by atoms with Gasteiger partial charge in [0, 0.05) is 17.5 Å². The van der Waals surface area contributed by atoms with E-state index in [-0.39, 0.29) is 16.1 Å². The molecule has 0 unspecified atom stereocenters. The minimum absolute atomic E-state index is 0.0582. The van der Waals surface area contributed by atoms with Crippen LogP contribution in [0.2, 0.25) is 5.02 Å². The summed E-state index contributed by atoms with van der Waals surface area (Å²) in [5.74, 6) is -3.49. The number of carbonyl (C=O) groups is 1. The molecule has 0 saturated carbocycles. The highest BCUT2D eigenvalue weighted by atomic mass is 35.5. The van der Waals surface area contributed by atoms with Gasteiger partial charge in [-0.25, -0.2) is 13.6 Å². The molecule has 0 radical (unpaired) electrons. The van der Waals surface area contributed by atoms with Crippen molar-refractivity contribution in [2.24, 2.45) is 7.05 Å². The van der Waals surface area contributed by atoms with Crippen LogP contribution in [-0.2, 0) is 7.05 Å². The quantitative estimate of drug-likeness (QED) is 0.764. The topological polar surface area (TPSA) is 59.3 Å². The van der Waals surface area contributed by atoms with Crippen LogP contribution in [0.1, 0.15) is 10.4 Å². The highest BCUT2D eigenvalue weighted by Crippen LogP contribution is 2.30. The molecule has 4 nitrogen and oxygen atoms in total. The van der Waals surface area contributed by atoms with Crippen LogP contribution in [-0.4, -0.2) is 15.6 Å². The van der Waals surface area contributed by atoms with E-state index in [0.717, 1.165) is 18.2 Å². The molecule has 0 bridgehead atoms. The normalized spacial score (nSPS) is 11.0. The summed E-state index contributed by atoms with van der Waals surface area (Å²) in [5.41, 5.74) is -2.15. The van der Waals surface area contributed by atoms with Crippen LogP contribution in [0, 0.1) is 11.6 Å². The van der Waals surface area contributed by atoms with Crippen LogP contribution in [0.5, 0.6) is 0 Å². The summed E-state index contributed by atoms with van der Waals surface area (Å²) >= 11 is 5.87. The SMILES string of the molecule is Cn1c(-c2c(F)cccc2F)c(C(=O)O)c(=O)c2cc(Cl)ccc21. The zero-order valence-electron chi connectivity index (χ0n) is 12.3. The second kappa shape index (κ2) is 5.72. The van der Waals surface area contributed by atoms with Crippen molar-refractivity contribution in [3.63, 3.8) is 0 Å². The largest absolute Gasteiger partial charge is 0.477 e. The number of pyridine rings is 1. The molecule has 122 valence electrons. The Labute approximate surface area is 139 Å². The molecule has 1 N–H and O–H groups in total. The maximum Gasteiger partial charge on any atom is 0.341 e. The third-order valence-corrected chi connectivity index (χ3v) is 4.01. The van der Waals surface area contributed by atoms with Gasteiger partial charge in [-0.05, 0) is 30.3 Å². The monoisotopic (exact) mass is 349 g/mol. The molecule has 24 heavy (non-hydrogen) atoms. The summed E-state index contributed by atoms with van der Waals surface area (Å²) in [6, 6.07) is 7.49. The number of aromatic nitrogens is 1. The van der Waals surface area contributed by atoms with Gasteiger partial charge in [0.05, 0.1) is 16.8 Å². The van der Waals surface area contributed by atoms with E-state index >= 15 is 0 Å². The molecule has 1 aromatic heterocycles. The number of carboxylic acids is 1. The predicted molar refractivity (Wildman–Crippen MR) is 86.5 cm³/mol. The molecular formula is C17H10ClF2NO3. The maximum atomic E-state index is 14.2. The van der Waals surface area contributed by atoms with Gasteiger partial charge < -0.3 is 9.67 Å². The molecule has 0 saturated heterocycles. The molecule has 3 rings (SSSR count). The van der Waals surface area contributed by atoms with E-state index < -0.39 is 34.2 Å². The molecule has 0 aliphatic heterocycles. The number of aryl methyl sites for hydroxylation is 1. The fourth-order valence-corrected chi connectivity index (χ4v) is 2.90. The van der Waals surface area contributed by atoms with Gasteiger partial charge in [-0.2, -0.15) is 0 Å². The molecular weight excluding hydrogens is 340 g/mol. The zero-order valence-corrected chi connectivity index (χ0v) is 13.1. The van der Waals surface area contributed by atoms with E-state index in [1.54, 1.807) is 0 Å². The number of benzene rings is 2. The molecule has 0 aliphatic carbocycles.